The molecule has 0 bridgehead atoms. The van der Waals surface area contributed by atoms with E-state index in [0.29, 0.717) is 13.1 Å². The highest BCUT2D eigenvalue weighted by molar-refractivity contribution is 9.10. The van der Waals surface area contributed by atoms with E-state index in [9.17, 15) is 9.59 Å². The molecular formula is C21H28BrN3O2. The molecule has 5 nitrogen and oxygen atoms in total. The molecule has 3 aliphatic heterocycles. The first-order valence-electron chi connectivity index (χ1n) is 10.2. The molecule has 0 aliphatic carbocycles. The van der Waals surface area contributed by atoms with Gasteiger partial charge in [-0.3, -0.25) is 4.79 Å². The van der Waals surface area contributed by atoms with Crippen LogP contribution in [0.1, 0.15) is 50.1 Å². The van der Waals surface area contributed by atoms with E-state index in [1.807, 2.05) is 21.9 Å². The minimum Gasteiger partial charge on any atom is -0.335 e. The molecule has 3 amide bonds. The molecule has 3 saturated heterocycles. The maximum Gasteiger partial charge on any atom is 0.319 e. The number of carbonyl (C=O) groups excluding carboxylic acids is 2. The molecule has 3 aliphatic rings. The van der Waals surface area contributed by atoms with Gasteiger partial charge in [-0.2, -0.15) is 0 Å². The largest absolute Gasteiger partial charge is 0.335 e. The zero-order valence-corrected chi connectivity index (χ0v) is 17.4. The molecule has 1 aromatic carbocycles. The second-order valence-electron chi connectivity index (χ2n) is 7.98. The summed E-state index contributed by atoms with van der Waals surface area (Å²) in [6.45, 7) is 4.05. The summed E-state index contributed by atoms with van der Waals surface area (Å²) in [6, 6.07) is 8.69. The van der Waals surface area contributed by atoms with Gasteiger partial charge in [0.1, 0.15) is 0 Å². The lowest BCUT2D eigenvalue weighted by molar-refractivity contribution is -0.137. The van der Waals surface area contributed by atoms with Crippen LogP contribution >= 0.6 is 15.9 Å². The van der Waals surface area contributed by atoms with Crippen LogP contribution in [0, 0.1) is 5.92 Å². The number of piperidine rings is 1. The van der Waals surface area contributed by atoms with Crippen molar-refractivity contribution in [3.63, 3.8) is 0 Å². The van der Waals surface area contributed by atoms with Crippen molar-refractivity contribution in [3.8, 4) is 0 Å². The Balaban J connectivity index is 1.36. The third-order valence-electron chi connectivity index (χ3n) is 6.26. The fraction of sp³-hybridized carbons (Fsp3) is 0.619. The molecular weight excluding hydrogens is 406 g/mol. The van der Waals surface area contributed by atoms with Crippen molar-refractivity contribution in [1.82, 2.24) is 14.7 Å². The molecule has 0 N–H and O–H groups in total. The first-order chi connectivity index (χ1) is 13.1. The molecule has 4 rings (SSSR count). The van der Waals surface area contributed by atoms with Crippen molar-refractivity contribution in [3.05, 3.63) is 34.3 Å². The van der Waals surface area contributed by atoms with Crippen molar-refractivity contribution >= 4 is 27.9 Å². The number of urea groups is 1. The van der Waals surface area contributed by atoms with E-state index >= 15 is 0 Å². The Kier molecular flexibility index (Phi) is 5.71. The van der Waals surface area contributed by atoms with Crippen molar-refractivity contribution < 1.29 is 9.59 Å². The number of rotatable bonds is 2. The summed E-state index contributed by atoms with van der Waals surface area (Å²) in [5, 5.41) is 0. The Morgan fingerprint density at radius 2 is 1.59 bits per heavy atom. The summed E-state index contributed by atoms with van der Waals surface area (Å²) in [4.78, 5) is 31.8. The van der Waals surface area contributed by atoms with Gasteiger partial charge in [-0.05, 0) is 56.2 Å². The van der Waals surface area contributed by atoms with Gasteiger partial charge in [0.25, 0.3) is 0 Å². The first-order valence-corrected chi connectivity index (χ1v) is 11.0. The number of hydrogen-bond donors (Lipinski definition) is 0. The van der Waals surface area contributed by atoms with Crippen LogP contribution < -0.4 is 0 Å². The summed E-state index contributed by atoms with van der Waals surface area (Å²) >= 11 is 3.55. The lowest BCUT2D eigenvalue weighted by Gasteiger charge is -2.36. The third-order valence-corrected chi connectivity index (χ3v) is 6.75. The molecule has 0 saturated carbocycles. The van der Waals surface area contributed by atoms with Crippen LogP contribution in [-0.2, 0) is 4.79 Å². The Bertz CT molecular complexity index is 696. The van der Waals surface area contributed by atoms with Crippen LogP contribution in [0.2, 0.25) is 0 Å². The molecule has 1 unspecified atom stereocenters. The third kappa shape index (κ3) is 4.00. The Morgan fingerprint density at radius 1 is 0.889 bits per heavy atom. The van der Waals surface area contributed by atoms with Crippen molar-refractivity contribution in [1.29, 1.82) is 0 Å². The van der Waals surface area contributed by atoms with Crippen molar-refractivity contribution in [2.75, 3.05) is 32.7 Å². The molecule has 1 atom stereocenters. The predicted molar refractivity (Wildman–Crippen MR) is 108 cm³/mol. The zero-order chi connectivity index (χ0) is 18.8. The van der Waals surface area contributed by atoms with Gasteiger partial charge in [0.2, 0.25) is 5.91 Å². The van der Waals surface area contributed by atoms with Crippen LogP contribution in [0.25, 0.3) is 0 Å². The number of likely N-dealkylation sites (tertiary alicyclic amines) is 3. The minimum atomic E-state index is 0.0559. The first kappa shape index (κ1) is 18.8. The molecule has 3 heterocycles. The number of halogens is 1. The van der Waals surface area contributed by atoms with E-state index in [4.69, 9.17) is 0 Å². The van der Waals surface area contributed by atoms with Gasteiger partial charge in [-0.25, -0.2) is 4.79 Å². The Morgan fingerprint density at radius 3 is 2.30 bits per heavy atom. The van der Waals surface area contributed by atoms with E-state index < -0.39 is 0 Å². The van der Waals surface area contributed by atoms with Gasteiger partial charge in [0.15, 0.2) is 0 Å². The Labute approximate surface area is 169 Å². The lowest BCUT2D eigenvalue weighted by Crippen LogP contribution is -2.48. The summed E-state index contributed by atoms with van der Waals surface area (Å²) in [5.41, 5.74) is 1.22. The monoisotopic (exact) mass is 433 g/mol. The molecule has 27 heavy (non-hydrogen) atoms. The Hall–Kier alpha value is -1.56. The van der Waals surface area contributed by atoms with Crippen LogP contribution in [0.3, 0.4) is 0 Å². The van der Waals surface area contributed by atoms with E-state index in [2.05, 4.69) is 33.0 Å². The summed E-state index contributed by atoms with van der Waals surface area (Å²) in [7, 11) is 0. The SMILES string of the molecule is O=C(N1CCCC1)N1CCC(C(=O)N2CCCC2c2cccc(Br)c2)CC1. The van der Waals surface area contributed by atoms with Gasteiger partial charge in [-0.15, -0.1) is 0 Å². The van der Waals surface area contributed by atoms with Crippen LogP contribution in [0.5, 0.6) is 0 Å². The predicted octanol–water partition coefficient (Wildman–Crippen LogP) is 4.04. The highest BCUT2D eigenvalue weighted by Crippen LogP contribution is 2.35. The highest BCUT2D eigenvalue weighted by Gasteiger charge is 2.36. The van der Waals surface area contributed by atoms with Gasteiger partial charge < -0.3 is 14.7 Å². The normalized spacial score (nSPS) is 23.9. The second kappa shape index (κ2) is 8.21. The molecule has 6 heteroatoms. The molecule has 0 radical (unpaired) electrons. The maximum atomic E-state index is 13.2. The van der Waals surface area contributed by atoms with Crippen LogP contribution in [0.4, 0.5) is 4.79 Å². The van der Waals surface area contributed by atoms with Gasteiger partial charge in [0, 0.05) is 43.1 Å². The van der Waals surface area contributed by atoms with Gasteiger partial charge >= 0.3 is 6.03 Å². The zero-order valence-electron chi connectivity index (χ0n) is 15.8. The highest BCUT2D eigenvalue weighted by atomic mass is 79.9. The second-order valence-corrected chi connectivity index (χ2v) is 8.90. The fourth-order valence-electron chi connectivity index (χ4n) is 4.75. The quantitative estimate of drug-likeness (QED) is 0.705. The van der Waals surface area contributed by atoms with E-state index in [1.54, 1.807) is 0 Å². The summed E-state index contributed by atoms with van der Waals surface area (Å²) < 4.78 is 1.06. The fourth-order valence-corrected chi connectivity index (χ4v) is 5.17. The standard InChI is InChI=1S/C21H28BrN3O2/c22-18-6-3-5-17(15-18)19-7-4-12-25(19)20(26)16-8-13-24(14-9-16)21(27)23-10-1-2-11-23/h3,5-6,15-16,19H,1-2,4,7-14H2. The van der Waals surface area contributed by atoms with Gasteiger partial charge in [0.05, 0.1) is 6.04 Å². The molecule has 0 spiro atoms. The number of hydrogen-bond acceptors (Lipinski definition) is 2. The number of carbonyl (C=O) groups is 2. The van der Waals surface area contributed by atoms with Crippen LogP contribution in [0.15, 0.2) is 28.7 Å². The smallest absolute Gasteiger partial charge is 0.319 e. The minimum absolute atomic E-state index is 0.0559. The van der Waals surface area contributed by atoms with Crippen LogP contribution in [-0.4, -0.2) is 59.4 Å². The van der Waals surface area contributed by atoms with E-state index in [0.717, 1.165) is 62.6 Å². The average Bonchev–Trinajstić information content (AvgIpc) is 3.39. The molecule has 3 fully saturated rings. The maximum absolute atomic E-state index is 13.2. The molecule has 1 aromatic rings. The topological polar surface area (TPSA) is 43.9 Å². The number of amides is 3. The summed E-state index contributed by atoms with van der Waals surface area (Å²) in [6.07, 6.45) is 5.92. The summed E-state index contributed by atoms with van der Waals surface area (Å²) in [5.74, 6) is 0.339. The van der Waals surface area contributed by atoms with Crippen molar-refractivity contribution in [2.24, 2.45) is 5.92 Å². The molecule has 0 aromatic heterocycles. The van der Waals surface area contributed by atoms with E-state index in [-0.39, 0.29) is 23.9 Å². The number of benzene rings is 1. The van der Waals surface area contributed by atoms with E-state index in [1.165, 1.54) is 5.56 Å². The molecule has 146 valence electrons. The lowest BCUT2D eigenvalue weighted by atomic mass is 9.94. The van der Waals surface area contributed by atoms with Gasteiger partial charge in [-0.1, -0.05) is 28.1 Å². The average molecular weight is 434 g/mol. The van der Waals surface area contributed by atoms with Crippen molar-refractivity contribution in [2.45, 2.75) is 44.6 Å². The number of nitrogens with zero attached hydrogens (tertiary/aromatic N) is 3.